The normalized spacial score (nSPS) is 11.2. The number of carbonyl (C=O) groups is 1. The minimum absolute atomic E-state index is 0.365. The maximum atomic E-state index is 13.8. The number of thiazole rings is 1. The topological polar surface area (TPSA) is 30.0 Å². The molecule has 0 bridgehead atoms. The first-order valence-electron chi connectivity index (χ1n) is 8.36. The average molecular weight is 419 g/mol. The Morgan fingerprint density at radius 1 is 0.793 bits per heavy atom. The Morgan fingerprint density at radius 3 is 2.00 bits per heavy atom. The van der Waals surface area contributed by atoms with Gasteiger partial charge in [-0.05, 0) is 17.7 Å². The molecule has 0 aliphatic carbocycles. The standard InChI is InChI=1S/C21H10F5NOS/c22-16-15(17(23)19(25)20(26)18(16)24)13(28)9-10-5-7-11(8-6-10)21-27-12-3-1-2-4-14(12)29-21/h1-8H,9H2. The predicted molar refractivity (Wildman–Crippen MR) is 99.3 cm³/mol. The van der Waals surface area contributed by atoms with Crippen LogP contribution in [0.4, 0.5) is 22.0 Å². The zero-order chi connectivity index (χ0) is 20.7. The van der Waals surface area contributed by atoms with E-state index in [1.54, 1.807) is 24.3 Å². The molecule has 8 heteroatoms. The second kappa shape index (κ2) is 7.36. The van der Waals surface area contributed by atoms with Gasteiger partial charge in [0, 0.05) is 12.0 Å². The number of rotatable bonds is 4. The van der Waals surface area contributed by atoms with Gasteiger partial charge in [0.15, 0.2) is 29.1 Å². The highest BCUT2D eigenvalue weighted by atomic mass is 32.1. The summed E-state index contributed by atoms with van der Waals surface area (Å²) in [4.78, 5) is 16.7. The lowest BCUT2D eigenvalue weighted by molar-refractivity contribution is 0.0981. The van der Waals surface area contributed by atoms with Gasteiger partial charge in [0.25, 0.3) is 0 Å². The van der Waals surface area contributed by atoms with Crippen molar-refractivity contribution in [2.75, 3.05) is 0 Å². The molecule has 0 saturated heterocycles. The molecule has 0 N–H and O–H groups in total. The lowest BCUT2D eigenvalue weighted by Gasteiger charge is -2.08. The molecule has 0 aliphatic heterocycles. The molecule has 146 valence electrons. The van der Waals surface area contributed by atoms with E-state index >= 15 is 0 Å². The van der Waals surface area contributed by atoms with E-state index in [1.165, 1.54) is 11.3 Å². The first-order valence-corrected chi connectivity index (χ1v) is 9.18. The summed E-state index contributed by atoms with van der Waals surface area (Å²) in [5, 5.41) is 0.754. The number of halogens is 5. The summed E-state index contributed by atoms with van der Waals surface area (Å²) in [5.41, 5.74) is 0.553. The van der Waals surface area contributed by atoms with Crippen molar-refractivity contribution in [1.82, 2.24) is 4.98 Å². The fraction of sp³-hybridized carbons (Fsp3) is 0.0476. The van der Waals surface area contributed by atoms with Crippen molar-refractivity contribution in [3.63, 3.8) is 0 Å². The number of para-hydroxylation sites is 1. The molecule has 1 heterocycles. The quantitative estimate of drug-likeness (QED) is 0.174. The fourth-order valence-electron chi connectivity index (χ4n) is 2.88. The molecule has 0 radical (unpaired) electrons. The maximum Gasteiger partial charge on any atom is 0.200 e. The number of ketones is 1. The summed E-state index contributed by atoms with van der Waals surface area (Å²) < 4.78 is 68.3. The molecule has 0 spiro atoms. The smallest absolute Gasteiger partial charge is 0.200 e. The summed E-state index contributed by atoms with van der Waals surface area (Å²) >= 11 is 1.48. The van der Waals surface area contributed by atoms with E-state index in [4.69, 9.17) is 0 Å². The summed E-state index contributed by atoms with van der Waals surface area (Å²) in [7, 11) is 0. The van der Waals surface area contributed by atoms with Crippen molar-refractivity contribution >= 4 is 27.3 Å². The summed E-state index contributed by atoms with van der Waals surface area (Å²) in [5.74, 6) is -12.0. The van der Waals surface area contributed by atoms with Crippen molar-refractivity contribution in [2.45, 2.75) is 6.42 Å². The zero-order valence-electron chi connectivity index (χ0n) is 14.5. The van der Waals surface area contributed by atoms with Crippen LogP contribution in [0.5, 0.6) is 0 Å². The highest BCUT2D eigenvalue weighted by Crippen LogP contribution is 2.30. The molecule has 0 amide bonds. The third kappa shape index (κ3) is 3.40. The van der Waals surface area contributed by atoms with Crippen LogP contribution in [0.3, 0.4) is 0 Å². The van der Waals surface area contributed by atoms with Crippen LogP contribution in [0, 0.1) is 29.1 Å². The third-order valence-corrected chi connectivity index (χ3v) is 5.43. The fourth-order valence-corrected chi connectivity index (χ4v) is 3.86. The van der Waals surface area contributed by atoms with Crippen LogP contribution in [0.1, 0.15) is 15.9 Å². The second-order valence-corrected chi connectivity index (χ2v) is 7.26. The van der Waals surface area contributed by atoms with Crippen LogP contribution in [-0.2, 0) is 6.42 Å². The molecule has 0 unspecified atom stereocenters. The molecule has 4 rings (SSSR count). The SMILES string of the molecule is O=C(Cc1ccc(-c2nc3ccccc3s2)cc1)c1c(F)c(F)c(F)c(F)c1F. The number of carbonyl (C=O) groups excluding carboxylic acids is 1. The van der Waals surface area contributed by atoms with E-state index in [9.17, 15) is 26.7 Å². The first-order chi connectivity index (χ1) is 13.9. The molecule has 29 heavy (non-hydrogen) atoms. The molecule has 0 atom stereocenters. The monoisotopic (exact) mass is 419 g/mol. The van der Waals surface area contributed by atoms with Crippen molar-refractivity contribution in [3.8, 4) is 10.6 Å². The second-order valence-electron chi connectivity index (χ2n) is 6.23. The average Bonchev–Trinajstić information content (AvgIpc) is 3.16. The lowest BCUT2D eigenvalue weighted by atomic mass is 10.0. The first kappa shape index (κ1) is 19.2. The van der Waals surface area contributed by atoms with Gasteiger partial charge in [0.05, 0.1) is 15.8 Å². The molecular weight excluding hydrogens is 409 g/mol. The van der Waals surface area contributed by atoms with Crippen LogP contribution in [0.15, 0.2) is 48.5 Å². The molecule has 4 aromatic rings. The highest BCUT2D eigenvalue weighted by Gasteiger charge is 2.29. The van der Waals surface area contributed by atoms with Crippen molar-refractivity contribution in [3.05, 3.63) is 88.7 Å². The molecule has 3 aromatic carbocycles. The minimum Gasteiger partial charge on any atom is -0.294 e. The van der Waals surface area contributed by atoms with E-state index in [2.05, 4.69) is 4.98 Å². The van der Waals surface area contributed by atoms with Crippen LogP contribution in [-0.4, -0.2) is 10.8 Å². The summed E-state index contributed by atoms with van der Waals surface area (Å²) in [6, 6.07) is 14.0. The van der Waals surface area contributed by atoms with Crippen LogP contribution in [0.25, 0.3) is 20.8 Å². The van der Waals surface area contributed by atoms with E-state index < -0.39 is 46.9 Å². The van der Waals surface area contributed by atoms with Crippen LogP contribution >= 0.6 is 11.3 Å². The molecule has 0 aliphatic rings. The number of benzene rings is 3. The Kier molecular flexibility index (Phi) is 4.87. The van der Waals surface area contributed by atoms with Gasteiger partial charge in [0.2, 0.25) is 5.82 Å². The molecular formula is C21H10F5NOS. The molecule has 0 fully saturated rings. The van der Waals surface area contributed by atoms with Gasteiger partial charge in [0.1, 0.15) is 5.01 Å². The van der Waals surface area contributed by atoms with E-state index in [0.29, 0.717) is 5.56 Å². The van der Waals surface area contributed by atoms with Crippen molar-refractivity contribution in [1.29, 1.82) is 0 Å². The Morgan fingerprint density at radius 2 is 1.38 bits per heavy atom. The van der Waals surface area contributed by atoms with Gasteiger partial charge in [-0.25, -0.2) is 26.9 Å². The summed E-state index contributed by atoms with van der Waals surface area (Å²) in [6.07, 6.45) is -0.515. The molecule has 2 nitrogen and oxygen atoms in total. The van der Waals surface area contributed by atoms with Gasteiger partial charge >= 0.3 is 0 Å². The lowest BCUT2D eigenvalue weighted by Crippen LogP contribution is -2.14. The number of hydrogen-bond donors (Lipinski definition) is 0. The van der Waals surface area contributed by atoms with Crippen LogP contribution in [0.2, 0.25) is 0 Å². The Bertz CT molecular complexity index is 1190. The van der Waals surface area contributed by atoms with Gasteiger partial charge in [-0.2, -0.15) is 0 Å². The Labute approximate surface area is 165 Å². The van der Waals surface area contributed by atoms with Crippen LogP contribution < -0.4 is 0 Å². The Balaban J connectivity index is 1.60. The number of nitrogens with zero attached hydrogens (tertiary/aromatic N) is 1. The summed E-state index contributed by atoms with van der Waals surface area (Å²) in [6.45, 7) is 0. The number of Topliss-reactive ketones (excluding diaryl/α,β-unsaturated/α-hetero) is 1. The number of aromatic nitrogens is 1. The molecule has 1 aromatic heterocycles. The van der Waals surface area contributed by atoms with Crippen molar-refractivity contribution < 1.29 is 26.7 Å². The van der Waals surface area contributed by atoms with Gasteiger partial charge in [-0.1, -0.05) is 36.4 Å². The van der Waals surface area contributed by atoms with Gasteiger partial charge in [-0.3, -0.25) is 4.79 Å². The number of hydrogen-bond acceptors (Lipinski definition) is 3. The zero-order valence-corrected chi connectivity index (χ0v) is 15.3. The largest absolute Gasteiger partial charge is 0.294 e. The van der Waals surface area contributed by atoms with E-state index in [1.807, 2.05) is 24.3 Å². The number of fused-ring (bicyclic) bond motifs is 1. The van der Waals surface area contributed by atoms with Crippen molar-refractivity contribution in [2.24, 2.45) is 0 Å². The van der Waals surface area contributed by atoms with E-state index in [0.717, 1.165) is 20.8 Å². The van der Waals surface area contributed by atoms with Gasteiger partial charge < -0.3 is 0 Å². The van der Waals surface area contributed by atoms with E-state index in [-0.39, 0.29) is 0 Å². The molecule has 0 saturated carbocycles. The predicted octanol–water partition coefficient (Wildman–Crippen LogP) is 6.08. The maximum absolute atomic E-state index is 13.8. The Hall–Kier alpha value is -3.13. The third-order valence-electron chi connectivity index (χ3n) is 4.35. The highest BCUT2D eigenvalue weighted by molar-refractivity contribution is 7.21. The van der Waals surface area contributed by atoms with Gasteiger partial charge in [-0.15, -0.1) is 11.3 Å². The minimum atomic E-state index is -2.29.